The Balaban J connectivity index is 2.16. The van der Waals surface area contributed by atoms with Gasteiger partial charge in [-0.2, -0.15) is 0 Å². The van der Waals surface area contributed by atoms with Crippen LogP contribution in [0.1, 0.15) is 19.8 Å². The van der Waals surface area contributed by atoms with Crippen molar-refractivity contribution in [3.63, 3.8) is 0 Å². The Morgan fingerprint density at radius 1 is 1.47 bits per heavy atom. The first-order valence-electron chi connectivity index (χ1n) is 6.51. The van der Waals surface area contributed by atoms with Crippen molar-refractivity contribution in [2.24, 2.45) is 5.92 Å². The van der Waals surface area contributed by atoms with Gasteiger partial charge in [0.2, 0.25) is 5.91 Å². The molecule has 1 heterocycles. The Hall–Kier alpha value is -1.16. The number of nitrogens with zero attached hydrogens (tertiary/aromatic N) is 1. The Bertz CT molecular complexity index is 428. The molecule has 2 unspecified atom stereocenters. The van der Waals surface area contributed by atoms with Crippen LogP contribution in [0.4, 0.5) is 0 Å². The Labute approximate surface area is 119 Å². The van der Waals surface area contributed by atoms with Crippen molar-refractivity contribution in [1.29, 1.82) is 0 Å². The van der Waals surface area contributed by atoms with E-state index in [0.717, 1.165) is 30.9 Å². The Kier molecular flexibility index (Phi) is 4.40. The van der Waals surface area contributed by atoms with Gasteiger partial charge in [-0.25, -0.2) is 0 Å². The van der Waals surface area contributed by atoms with Crippen molar-refractivity contribution in [2.75, 3.05) is 27.3 Å². The van der Waals surface area contributed by atoms with E-state index < -0.39 is 5.38 Å². The molecule has 0 radical (unpaired) electrons. The summed E-state index contributed by atoms with van der Waals surface area (Å²) in [5.41, 5.74) is 1.23. The predicted molar refractivity (Wildman–Crippen MR) is 73.7 cm³/mol. The Morgan fingerprint density at radius 3 is 2.79 bits per heavy atom. The van der Waals surface area contributed by atoms with Crippen molar-refractivity contribution in [3.05, 3.63) is 23.2 Å². The zero-order valence-electron chi connectivity index (χ0n) is 11.6. The summed E-state index contributed by atoms with van der Waals surface area (Å²) < 4.78 is 10.7. The summed E-state index contributed by atoms with van der Waals surface area (Å²) in [6.07, 6.45) is 3.81. The highest BCUT2D eigenvalue weighted by Crippen LogP contribution is 2.35. The number of carbonyl (C=O) groups is 1. The quantitative estimate of drug-likeness (QED) is 0.747. The fourth-order valence-corrected chi connectivity index (χ4v) is 2.83. The van der Waals surface area contributed by atoms with Crippen molar-refractivity contribution in [3.8, 4) is 0 Å². The first-order valence-corrected chi connectivity index (χ1v) is 6.95. The van der Waals surface area contributed by atoms with E-state index in [1.54, 1.807) is 21.1 Å². The molecule has 1 aliphatic carbocycles. The minimum atomic E-state index is -0.465. The number of rotatable bonds is 3. The van der Waals surface area contributed by atoms with Crippen molar-refractivity contribution in [1.82, 2.24) is 4.90 Å². The van der Waals surface area contributed by atoms with E-state index >= 15 is 0 Å². The highest BCUT2D eigenvalue weighted by Gasteiger charge is 2.32. The second-order valence-electron chi connectivity index (χ2n) is 4.98. The SMILES string of the molecule is COC1=C(OC)CC2CCN(C(=O)C(C)Cl)CC2=C1. The lowest BCUT2D eigenvalue weighted by Gasteiger charge is -2.37. The van der Waals surface area contributed by atoms with E-state index in [4.69, 9.17) is 21.1 Å². The molecule has 1 saturated heterocycles. The fourth-order valence-electron chi connectivity index (χ4n) is 2.69. The maximum Gasteiger partial charge on any atom is 0.240 e. The van der Waals surface area contributed by atoms with Crippen LogP contribution in [-0.4, -0.2) is 43.5 Å². The van der Waals surface area contributed by atoms with Gasteiger partial charge >= 0.3 is 0 Å². The second-order valence-corrected chi connectivity index (χ2v) is 5.64. The number of alkyl halides is 1. The van der Waals surface area contributed by atoms with Crippen molar-refractivity contribution < 1.29 is 14.3 Å². The zero-order chi connectivity index (χ0) is 14.0. The largest absolute Gasteiger partial charge is 0.497 e. The van der Waals surface area contributed by atoms with Crippen LogP contribution in [0.25, 0.3) is 0 Å². The summed E-state index contributed by atoms with van der Waals surface area (Å²) in [6.45, 7) is 3.12. The molecular weight excluding hydrogens is 266 g/mol. The molecule has 4 nitrogen and oxygen atoms in total. The molecule has 0 bridgehead atoms. The van der Waals surface area contributed by atoms with Crippen LogP contribution in [-0.2, 0) is 14.3 Å². The molecule has 106 valence electrons. The van der Waals surface area contributed by atoms with Gasteiger partial charge in [0, 0.05) is 19.5 Å². The Morgan fingerprint density at radius 2 is 2.21 bits per heavy atom. The number of halogens is 1. The summed E-state index contributed by atoms with van der Waals surface area (Å²) in [5, 5.41) is -0.465. The minimum absolute atomic E-state index is 0.00139. The number of piperidine rings is 1. The molecule has 19 heavy (non-hydrogen) atoms. The van der Waals surface area contributed by atoms with Gasteiger partial charge in [0.05, 0.1) is 14.2 Å². The molecule has 1 fully saturated rings. The number of hydrogen-bond acceptors (Lipinski definition) is 3. The van der Waals surface area contributed by atoms with Gasteiger partial charge in [-0.05, 0) is 30.9 Å². The molecule has 1 aliphatic heterocycles. The van der Waals surface area contributed by atoms with Crippen molar-refractivity contribution >= 4 is 17.5 Å². The van der Waals surface area contributed by atoms with E-state index in [-0.39, 0.29) is 5.91 Å². The molecule has 0 aromatic carbocycles. The monoisotopic (exact) mass is 285 g/mol. The van der Waals surface area contributed by atoms with E-state index in [1.165, 1.54) is 5.57 Å². The maximum absolute atomic E-state index is 11.9. The van der Waals surface area contributed by atoms with Gasteiger partial charge in [-0.3, -0.25) is 4.79 Å². The lowest BCUT2D eigenvalue weighted by Crippen LogP contribution is -2.43. The van der Waals surface area contributed by atoms with Gasteiger partial charge in [-0.1, -0.05) is 0 Å². The molecular formula is C14H20ClNO3. The molecule has 0 saturated carbocycles. The summed E-state index contributed by atoms with van der Waals surface area (Å²) in [7, 11) is 3.30. The molecule has 0 aromatic rings. The van der Waals surface area contributed by atoms with Gasteiger partial charge in [-0.15, -0.1) is 11.6 Å². The highest BCUT2D eigenvalue weighted by molar-refractivity contribution is 6.30. The van der Waals surface area contributed by atoms with E-state index in [2.05, 4.69) is 0 Å². The number of carbonyl (C=O) groups excluding carboxylic acids is 1. The summed E-state index contributed by atoms with van der Waals surface area (Å²) in [4.78, 5) is 13.8. The average Bonchev–Trinajstić information content (AvgIpc) is 2.44. The molecule has 1 amide bonds. The number of likely N-dealkylation sites (tertiary alicyclic amines) is 1. The maximum atomic E-state index is 11.9. The normalized spacial score (nSPS) is 24.5. The standard InChI is InChI=1S/C14H20ClNO3/c1-9(15)14(17)16-5-4-10-6-12(18-2)13(19-3)7-11(10)8-16/h7,9-10H,4-6,8H2,1-3H3. The molecule has 0 N–H and O–H groups in total. The van der Waals surface area contributed by atoms with Gasteiger partial charge in [0.1, 0.15) is 11.1 Å². The number of amides is 1. The molecule has 2 rings (SSSR count). The van der Waals surface area contributed by atoms with Gasteiger partial charge in [0.25, 0.3) is 0 Å². The summed E-state index contributed by atoms with van der Waals surface area (Å²) >= 11 is 5.87. The molecule has 2 aliphatic rings. The molecule has 0 aromatic heterocycles. The number of methoxy groups -OCH3 is 2. The average molecular weight is 286 g/mol. The first-order chi connectivity index (χ1) is 9.06. The topological polar surface area (TPSA) is 38.8 Å². The van der Waals surface area contributed by atoms with Crippen LogP contribution < -0.4 is 0 Å². The van der Waals surface area contributed by atoms with Crippen LogP contribution in [0.5, 0.6) is 0 Å². The van der Waals surface area contributed by atoms with E-state index in [9.17, 15) is 4.79 Å². The lowest BCUT2D eigenvalue weighted by molar-refractivity contribution is -0.130. The lowest BCUT2D eigenvalue weighted by atomic mass is 9.84. The highest BCUT2D eigenvalue weighted by atomic mass is 35.5. The number of hydrogen-bond donors (Lipinski definition) is 0. The summed E-state index contributed by atoms with van der Waals surface area (Å²) in [5.74, 6) is 2.11. The van der Waals surface area contributed by atoms with Crippen LogP contribution >= 0.6 is 11.6 Å². The van der Waals surface area contributed by atoms with Crippen LogP contribution in [0, 0.1) is 5.92 Å². The van der Waals surface area contributed by atoms with Crippen LogP contribution in [0.15, 0.2) is 23.2 Å². The van der Waals surface area contributed by atoms with E-state index in [1.807, 2.05) is 11.0 Å². The third kappa shape index (κ3) is 2.89. The molecule has 0 spiro atoms. The molecule has 5 heteroatoms. The third-order valence-electron chi connectivity index (χ3n) is 3.79. The number of ether oxygens (including phenoxy) is 2. The first kappa shape index (κ1) is 14.3. The smallest absolute Gasteiger partial charge is 0.240 e. The minimum Gasteiger partial charge on any atom is -0.497 e. The number of fused-ring (bicyclic) bond motifs is 1. The van der Waals surface area contributed by atoms with Crippen LogP contribution in [0.2, 0.25) is 0 Å². The summed E-state index contributed by atoms with van der Waals surface area (Å²) in [6, 6.07) is 0. The molecule has 2 atom stereocenters. The predicted octanol–water partition coefficient (Wildman–Crippen LogP) is 2.30. The van der Waals surface area contributed by atoms with Gasteiger partial charge < -0.3 is 14.4 Å². The zero-order valence-corrected chi connectivity index (χ0v) is 12.4. The number of allylic oxidation sites excluding steroid dienone is 2. The third-order valence-corrected chi connectivity index (χ3v) is 3.97. The van der Waals surface area contributed by atoms with Gasteiger partial charge in [0.15, 0.2) is 5.76 Å². The van der Waals surface area contributed by atoms with Crippen molar-refractivity contribution in [2.45, 2.75) is 25.1 Å². The van der Waals surface area contributed by atoms with Crippen LogP contribution in [0.3, 0.4) is 0 Å². The van der Waals surface area contributed by atoms with E-state index in [0.29, 0.717) is 12.5 Å². The fraction of sp³-hybridized carbons (Fsp3) is 0.643. The second kappa shape index (κ2) is 5.87.